The first-order chi connectivity index (χ1) is 7.22. The number of aryl methyl sites for hydroxylation is 1. The minimum absolute atomic E-state index is 0.00820. The van der Waals surface area contributed by atoms with Gasteiger partial charge in [0, 0.05) is 10.7 Å². The van der Waals surface area contributed by atoms with Crippen LogP contribution in [0.5, 0.6) is 0 Å². The first-order valence-electron chi connectivity index (χ1n) is 4.34. The van der Waals surface area contributed by atoms with Crippen LogP contribution in [0.1, 0.15) is 16.1 Å². The molecular weight excluding hydrogens is 196 g/mol. The first-order valence-corrected chi connectivity index (χ1v) is 4.34. The molecule has 0 aliphatic carbocycles. The molecule has 0 aliphatic rings. The van der Waals surface area contributed by atoms with Crippen LogP contribution in [0.4, 0.5) is 0 Å². The summed E-state index contributed by atoms with van der Waals surface area (Å²) in [5.41, 5.74) is 1.83. The molecule has 2 aromatic rings. The van der Waals surface area contributed by atoms with E-state index < -0.39 is 0 Å². The van der Waals surface area contributed by atoms with Gasteiger partial charge in [0.15, 0.2) is 0 Å². The molecule has 76 valence electrons. The van der Waals surface area contributed by atoms with Crippen molar-refractivity contribution in [2.45, 2.75) is 6.92 Å². The molecule has 0 amide bonds. The van der Waals surface area contributed by atoms with Crippen LogP contribution in [-0.4, -0.2) is 11.4 Å². The Morgan fingerprint density at radius 3 is 2.67 bits per heavy atom. The van der Waals surface area contributed by atoms with E-state index >= 15 is 0 Å². The minimum atomic E-state index is 0.00820. The van der Waals surface area contributed by atoms with Gasteiger partial charge in [0.25, 0.3) is 5.69 Å². The lowest BCUT2D eigenvalue weighted by Crippen LogP contribution is -2.25. The van der Waals surface area contributed by atoms with Gasteiger partial charge < -0.3 is 5.21 Å². The van der Waals surface area contributed by atoms with Gasteiger partial charge in [-0.3, -0.25) is 9.42 Å². The lowest BCUT2D eigenvalue weighted by atomic mass is 10.1. The van der Waals surface area contributed by atoms with E-state index in [2.05, 4.69) is 9.79 Å². The van der Waals surface area contributed by atoms with Gasteiger partial charge in [-0.25, -0.2) is 0 Å². The predicted molar refractivity (Wildman–Crippen MR) is 51.0 cm³/mol. The molecule has 0 spiro atoms. The number of aromatic nitrogens is 2. The van der Waals surface area contributed by atoms with Gasteiger partial charge >= 0.3 is 0 Å². The predicted octanol–water partition coefficient (Wildman–Crippen LogP) is 1.10. The van der Waals surface area contributed by atoms with Crippen LogP contribution in [0.3, 0.4) is 0 Å². The third kappa shape index (κ3) is 1.59. The topological polar surface area (TPSA) is 70.0 Å². The lowest BCUT2D eigenvalue weighted by molar-refractivity contribution is -0.793. The molecule has 5 nitrogen and oxygen atoms in total. The molecule has 1 aromatic carbocycles. The maximum absolute atomic E-state index is 11.2. The fourth-order valence-electron chi connectivity index (χ4n) is 1.30. The van der Waals surface area contributed by atoms with Crippen molar-refractivity contribution in [2.75, 3.05) is 0 Å². The second-order valence-corrected chi connectivity index (χ2v) is 3.15. The molecule has 0 N–H and O–H groups in total. The monoisotopic (exact) mass is 204 g/mol. The largest absolute Gasteiger partial charge is 0.359 e. The summed E-state index contributed by atoms with van der Waals surface area (Å²) in [7, 11) is 0. The zero-order valence-corrected chi connectivity index (χ0v) is 8.01. The smallest absolute Gasteiger partial charge is 0.288 e. The van der Waals surface area contributed by atoms with E-state index in [0.717, 1.165) is 5.56 Å². The summed E-state index contributed by atoms with van der Waals surface area (Å²) in [6.45, 7) is 1.93. The first kappa shape index (κ1) is 9.39. The second-order valence-electron chi connectivity index (χ2n) is 3.15. The highest BCUT2D eigenvalue weighted by Crippen LogP contribution is 2.18. The number of carbonyl (C=O) groups is 1. The minimum Gasteiger partial charge on any atom is -0.359 e. The standard InChI is InChI=1S/C10H8N2O3/c1-7-2-4-8(5-3-7)10-9(6-13)11-15-12(10)14/h2-6H,1H3. The average Bonchev–Trinajstić information content (AvgIpc) is 2.61. The highest BCUT2D eigenvalue weighted by Gasteiger charge is 2.19. The zero-order valence-electron chi connectivity index (χ0n) is 8.01. The molecule has 0 bridgehead atoms. The van der Waals surface area contributed by atoms with Crippen molar-refractivity contribution >= 4 is 6.29 Å². The van der Waals surface area contributed by atoms with E-state index in [4.69, 9.17) is 0 Å². The molecule has 15 heavy (non-hydrogen) atoms. The number of rotatable bonds is 2. The quantitative estimate of drug-likeness (QED) is 0.542. The Bertz CT molecular complexity index is 488. The molecule has 1 heterocycles. The van der Waals surface area contributed by atoms with Crippen molar-refractivity contribution in [3.63, 3.8) is 0 Å². The fraction of sp³-hybridized carbons (Fsp3) is 0.100. The molecule has 1 aromatic heterocycles. The Labute approximate surface area is 85.5 Å². The third-order valence-corrected chi connectivity index (χ3v) is 2.08. The Hall–Kier alpha value is -2.17. The van der Waals surface area contributed by atoms with Gasteiger partial charge in [0.1, 0.15) is 0 Å². The maximum atomic E-state index is 11.2. The van der Waals surface area contributed by atoms with Gasteiger partial charge in [-0.05, 0) is 11.8 Å². The molecule has 0 saturated carbocycles. The van der Waals surface area contributed by atoms with Crippen molar-refractivity contribution in [3.05, 3.63) is 40.7 Å². The van der Waals surface area contributed by atoms with Crippen LogP contribution in [-0.2, 0) is 0 Å². The normalized spacial score (nSPS) is 10.2. The van der Waals surface area contributed by atoms with Crippen molar-refractivity contribution in [1.29, 1.82) is 0 Å². The number of hydrogen-bond acceptors (Lipinski definition) is 4. The maximum Gasteiger partial charge on any atom is 0.288 e. The van der Waals surface area contributed by atoms with E-state index in [0.29, 0.717) is 11.8 Å². The van der Waals surface area contributed by atoms with Crippen molar-refractivity contribution in [1.82, 2.24) is 5.16 Å². The van der Waals surface area contributed by atoms with Crippen molar-refractivity contribution < 1.29 is 14.3 Å². The van der Waals surface area contributed by atoms with Crippen LogP contribution in [0.15, 0.2) is 28.9 Å². The van der Waals surface area contributed by atoms with E-state index in [1.807, 2.05) is 19.1 Å². The Morgan fingerprint density at radius 2 is 2.07 bits per heavy atom. The highest BCUT2D eigenvalue weighted by atomic mass is 16.8. The molecule has 0 radical (unpaired) electrons. The van der Waals surface area contributed by atoms with Crippen LogP contribution < -0.4 is 4.90 Å². The molecule has 0 unspecified atom stereocenters. The van der Waals surface area contributed by atoms with Crippen molar-refractivity contribution in [2.24, 2.45) is 0 Å². The summed E-state index contributed by atoms with van der Waals surface area (Å²) in [5, 5.41) is 14.6. The fourth-order valence-corrected chi connectivity index (χ4v) is 1.30. The summed E-state index contributed by atoms with van der Waals surface area (Å²) in [5.74, 6) is 0. The number of carbonyl (C=O) groups excluding carboxylic acids is 1. The number of hydrogen-bond donors (Lipinski definition) is 0. The van der Waals surface area contributed by atoms with Gasteiger partial charge in [-0.2, -0.15) is 0 Å². The van der Waals surface area contributed by atoms with Crippen LogP contribution >= 0.6 is 0 Å². The molecule has 5 heteroatoms. The SMILES string of the molecule is Cc1ccc(-c2c(C=O)no[n+]2[O-])cc1. The number of nitrogens with zero attached hydrogens (tertiary/aromatic N) is 2. The Kier molecular flexibility index (Phi) is 2.21. The summed E-state index contributed by atoms with van der Waals surface area (Å²) in [6.07, 6.45) is 0.493. The van der Waals surface area contributed by atoms with Gasteiger partial charge in [0.05, 0.1) is 0 Å². The zero-order chi connectivity index (χ0) is 10.8. The molecule has 0 atom stereocenters. The average molecular weight is 204 g/mol. The Balaban J connectivity index is 2.57. The van der Waals surface area contributed by atoms with Crippen LogP contribution in [0, 0.1) is 12.1 Å². The summed E-state index contributed by atoms with van der Waals surface area (Å²) in [6, 6.07) is 7.17. The Morgan fingerprint density at radius 1 is 1.40 bits per heavy atom. The van der Waals surface area contributed by atoms with Crippen LogP contribution in [0.2, 0.25) is 0 Å². The number of benzene rings is 1. The summed E-state index contributed by atoms with van der Waals surface area (Å²) in [4.78, 5) is 10.8. The van der Waals surface area contributed by atoms with E-state index in [1.165, 1.54) is 0 Å². The van der Waals surface area contributed by atoms with Gasteiger partial charge in [-0.15, -0.1) is 0 Å². The lowest BCUT2D eigenvalue weighted by Gasteiger charge is -1.97. The van der Waals surface area contributed by atoms with E-state index in [9.17, 15) is 10.0 Å². The summed E-state index contributed by atoms with van der Waals surface area (Å²) < 4.78 is 4.35. The molecule has 0 saturated heterocycles. The van der Waals surface area contributed by atoms with Crippen LogP contribution in [0.25, 0.3) is 11.3 Å². The van der Waals surface area contributed by atoms with E-state index in [1.54, 1.807) is 12.1 Å². The highest BCUT2D eigenvalue weighted by molar-refractivity contribution is 5.81. The second kappa shape index (κ2) is 3.53. The molecule has 0 fully saturated rings. The third-order valence-electron chi connectivity index (χ3n) is 2.08. The molecule has 2 rings (SSSR count). The van der Waals surface area contributed by atoms with Gasteiger partial charge in [-0.1, -0.05) is 29.8 Å². The number of aldehydes is 1. The van der Waals surface area contributed by atoms with E-state index in [-0.39, 0.29) is 16.3 Å². The summed E-state index contributed by atoms with van der Waals surface area (Å²) >= 11 is 0. The molecule has 0 aliphatic heterocycles. The van der Waals surface area contributed by atoms with Gasteiger partial charge in [0.2, 0.25) is 12.0 Å². The molecular formula is C10H8N2O3. The van der Waals surface area contributed by atoms with Crippen molar-refractivity contribution in [3.8, 4) is 11.3 Å².